The molecule has 2 aromatic rings. The lowest BCUT2D eigenvalue weighted by molar-refractivity contribution is -0.119. The fourth-order valence-electron chi connectivity index (χ4n) is 2.10. The van der Waals surface area contributed by atoms with E-state index in [1.54, 1.807) is 24.3 Å². The third kappa shape index (κ3) is 4.44. The van der Waals surface area contributed by atoms with E-state index in [0.29, 0.717) is 17.0 Å². The summed E-state index contributed by atoms with van der Waals surface area (Å²) in [7, 11) is 0. The van der Waals surface area contributed by atoms with Crippen molar-refractivity contribution in [1.29, 1.82) is 0 Å². The first-order chi connectivity index (χ1) is 11.5. The van der Waals surface area contributed by atoms with E-state index in [2.05, 4.69) is 15.8 Å². The number of carbonyl (C=O) groups is 2. The molecule has 0 radical (unpaired) electrons. The predicted octanol–water partition coefficient (Wildman–Crippen LogP) is 3.15. The number of benzene rings is 1. The molecule has 0 unspecified atom stereocenters. The number of aryl methyl sites for hydroxylation is 1. The molecule has 0 bridgehead atoms. The first-order valence-electron chi connectivity index (χ1n) is 8.17. The van der Waals surface area contributed by atoms with Gasteiger partial charge in [-0.2, -0.15) is 0 Å². The number of hydrogen-bond donors (Lipinski definition) is 2. The van der Waals surface area contributed by atoms with Gasteiger partial charge in [-0.05, 0) is 25.0 Å². The van der Waals surface area contributed by atoms with E-state index in [0.717, 1.165) is 18.5 Å². The highest BCUT2D eigenvalue weighted by molar-refractivity contribution is 6.04. The Morgan fingerprint density at radius 3 is 2.67 bits per heavy atom. The Bertz CT molecular complexity index is 709. The van der Waals surface area contributed by atoms with Crippen LogP contribution < -0.4 is 10.6 Å². The van der Waals surface area contributed by atoms with Crippen LogP contribution in [0.2, 0.25) is 0 Å². The van der Waals surface area contributed by atoms with Gasteiger partial charge < -0.3 is 15.2 Å². The smallest absolute Gasteiger partial charge is 0.253 e. The zero-order chi connectivity index (χ0) is 17.5. The Kier molecular flexibility index (Phi) is 6.12. The minimum atomic E-state index is -0.274. The Morgan fingerprint density at radius 1 is 1.25 bits per heavy atom. The average molecular weight is 329 g/mol. The highest BCUT2D eigenvalue weighted by Gasteiger charge is 2.16. The molecule has 1 atom stereocenters. The maximum Gasteiger partial charge on any atom is 0.253 e. The lowest BCUT2D eigenvalue weighted by atomic mass is 10.1. The highest BCUT2D eigenvalue weighted by Crippen LogP contribution is 2.17. The molecule has 1 aromatic heterocycles. The van der Waals surface area contributed by atoms with Gasteiger partial charge in [-0.25, -0.2) is 0 Å². The first kappa shape index (κ1) is 17.7. The van der Waals surface area contributed by atoms with Crippen molar-refractivity contribution < 1.29 is 14.1 Å². The summed E-state index contributed by atoms with van der Waals surface area (Å²) in [5, 5.41) is 9.49. The molecule has 128 valence electrons. The standard InChI is InChI=1S/C18H23N3O3/c1-4-12(3)17(22)20-16-9-7-6-8-15(16)18(23)19-11-14-10-13(5-2)21-24-14/h6-10,12H,4-5,11H2,1-3H3,(H,19,23)(H,20,22)/t12-/m0/s1. The van der Waals surface area contributed by atoms with Crippen LogP contribution in [0.25, 0.3) is 0 Å². The summed E-state index contributed by atoms with van der Waals surface area (Å²) in [6.07, 6.45) is 1.52. The third-order valence-corrected chi connectivity index (χ3v) is 3.88. The van der Waals surface area contributed by atoms with E-state index in [1.807, 2.05) is 26.8 Å². The molecular weight excluding hydrogens is 306 g/mol. The second-order valence-corrected chi connectivity index (χ2v) is 5.66. The molecule has 2 rings (SSSR count). The van der Waals surface area contributed by atoms with E-state index in [1.165, 1.54) is 0 Å². The van der Waals surface area contributed by atoms with E-state index in [4.69, 9.17) is 4.52 Å². The predicted molar refractivity (Wildman–Crippen MR) is 91.6 cm³/mol. The average Bonchev–Trinajstić information content (AvgIpc) is 3.07. The van der Waals surface area contributed by atoms with E-state index >= 15 is 0 Å². The third-order valence-electron chi connectivity index (χ3n) is 3.88. The molecule has 0 aliphatic heterocycles. The fourth-order valence-corrected chi connectivity index (χ4v) is 2.10. The highest BCUT2D eigenvalue weighted by atomic mass is 16.5. The van der Waals surface area contributed by atoms with Crippen LogP contribution in [0.4, 0.5) is 5.69 Å². The van der Waals surface area contributed by atoms with Crippen LogP contribution in [0.5, 0.6) is 0 Å². The van der Waals surface area contributed by atoms with Crippen LogP contribution in [0.3, 0.4) is 0 Å². The van der Waals surface area contributed by atoms with Gasteiger partial charge in [0.05, 0.1) is 23.5 Å². The lowest BCUT2D eigenvalue weighted by Crippen LogP contribution is -2.26. The maximum absolute atomic E-state index is 12.4. The van der Waals surface area contributed by atoms with Crippen molar-refractivity contribution in [2.75, 3.05) is 5.32 Å². The fraction of sp³-hybridized carbons (Fsp3) is 0.389. The van der Waals surface area contributed by atoms with Crippen LogP contribution in [0, 0.1) is 5.92 Å². The van der Waals surface area contributed by atoms with Crippen LogP contribution in [-0.2, 0) is 17.8 Å². The van der Waals surface area contributed by atoms with E-state index in [-0.39, 0.29) is 24.3 Å². The molecule has 2 amide bonds. The van der Waals surface area contributed by atoms with Crippen molar-refractivity contribution in [3.8, 4) is 0 Å². The number of amides is 2. The van der Waals surface area contributed by atoms with E-state index in [9.17, 15) is 9.59 Å². The van der Waals surface area contributed by atoms with Crippen LogP contribution in [0.15, 0.2) is 34.9 Å². The molecule has 0 aliphatic carbocycles. The van der Waals surface area contributed by atoms with Crippen LogP contribution in [0.1, 0.15) is 49.0 Å². The number of nitrogens with zero attached hydrogens (tertiary/aromatic N) is 1. The molecule has 1 aromatic carbocycles. The van der Waals surface area contributed by atoms with Gasteiger partial charge in [0.1, 0.15) is 0 Å². The molecule has 0 spiro atoms. The summed E-state index contributed by atoms with van der Waals surface area (Å²) in [5.74, 6) is 0.120. The normalized spacial score (nSPS) is 11.8. The quantitative estimate of drug-likeness (QED) is 0.817. The van der Waals surface area contributed by atoms with Crippen LogP contribution in [-0.4, -0.2) is 17.0 Å². The molecule has 1 heterocycles. The van der Waals surface area contributed by atoms with Crippen molar-refractivity contribution >= 4 is 17.5 Å². The zero-order valence-corrected chi connectivity index (χ0v) is 14.3. The number of aromatic nitrogens is 1. The monoisotopic (exact) mass is 329 g/mol. The summed E-state index contributed by atoms with van der Waals surface area (Å²) in [6.45, 7) is 6.04. The minimum Gasteiger partial charge on any atom is -0.359 e. The van der Waals surface area contributed by atoms with Gasteiger partial charge in [-0.1, -0.05) is 38.1 Å². The van der Waals surface area contributed by atoms with Crippen LogP contribution >= 0.6 is 0 Å². The number of hydrogen-bond acceptors (Lipinski definition) is 4. The summed E-state index contributed by atoms with van der Waals surface area (Å²) < 4.78 is 5.15. The van der Waals surface area contributed by atoms with Gasteiger partial charge in [-0.15, -0.1) is 0 Å². The lowest BCUT2D eigenvalue weighted by Gasteiger charge is -2.13. The molecule has 6 nitrogen and oxygen atoms in total. The van der Waals surface area contributed by atoms with Gasteiger partial charge >= 0.3 is 0 Å². The Hall–Kier alpha value is -2.63. The minimum absolute atomic E-state index is 0.0967. The van der Waals surface area contributed by atoms with Crippen molar-refractivity contribution in [3.05, 3.63) is 47.3 Å². The Balaban J connectivity index is 2.04. The SMILES string of the molecule is CCc1cc(CNC(=O)c2ccccc2NC(=O)[C@@H](C)CC)on1. The molecule has 0 saturated carbocycles. The van der Waals surface area contributed by atoms with Crippen molar-refractivity contribution in [2.45, 2.75) is 40.2 Å². The molecule has 0 aliphatic rings. The van der Waals surface area contributed by atoms with Gasteiger partial charge in [0.25, 0.3) is 5.91 Å². The van der Waals surface area contributed by atoms with E-state index < -0.39 is 0 Å². The summed E-state index contributed by atoms with van der Waals surface area (Å²) in [5.41, 5.74) is 1.77. The molecular formula is C18H23N3O3. The Morgan fingerprint density at radius 2 is 2.00 bits per heavy atom. The largest absolute Gasteiger partial charge is 0.359 e. The number of nitrogens with one attached hydrogen (secondary N) is 2. The topological polar surface area (TPSA) is 84.2 Å². The number of anilines is 1. The number of carbonyl (C=O) groups excluding carboxylic acids is 2. The first-order valence-corrected chi connectivity index (χ1v) is 8.17. The summed E-state index contributed by atoms with van der Waals surface area (Å²) in [4.78, 5) is 24.5. The second kappa shape index (κ2) is 8.29. The molecule has 0 fully saturated rings. The van der Waals surface area contributed by atoms with Crippen molar-refractivity contribution in [2.24, 2.45) is 5.92 Å². The number of para-hydroxylation sites is 1. The second-order valence-electron chi connectivity index (χ2n) is 5.66. The van der Waals surface area contributed by atoms with Gasteiger partial charge in [-0.3, -0.25) is 9.59 Å². The van der Waals surface area contributed by atoms with Gasteiger partial charge in [0.15, 0.2) is 5.76 Å². The Labute approximate surface area is 141 Å². The molecule has 6 heteroatoms. The maximum atomic E-state index is 12.4. The summed E-state index contributed by atoms with van der Waals surface area (Å²) >= 11 is 0. The molecule has 0 saturated heterocycles. The van der Waals surface area contributed by atoms with Crippen molar-refractivity contribution in [3.63, 3.8) is 0 Å². The molecule has 2 N–H and O–H groups in total. The van der Waals surface area contributed by atoms with Gasteiger partial charge in [0.2, 0.25) is 5.91 Å². The number of rotatable bonds is 7. The molecule has 24 heavy (non-hydrogen) atoms. The van der Waals surface area contributed by atoms with Gasteiger partial charge in [0, 0.05) is 12.0 Å². The summed E-state index contributed by atoms with van der Waals surface area (Å²) in [6, 6.07) is 8.76. The van der Waals surface area contributed by atoms with Crippen molar-refractivity contribution in [1.82, 2.24) is 10.5 Å². The zero-order valence-electron chi connectivity index (χ0n) is 14.3.